The monoisotopic (exact) mass is 375 g/mol. The zero-order chi connectivity index (χ0) is 18.0. The third kappa shape index (κ3) is 4.26. The van der Waals surface area contributed by atoms with Crippen LogP contribution in [0.2, 0.25) is 0 Å². The lowest BCUT2D eigenvalue weighted by Gasteiger charge is -2.15. The molecule has 7 heteroatoms. The number of aromatic nitrogens is 3. The summed E-state index contributed by atoms with van der Waals surface area (Å²) in [5.74, 6) is 1.94. The molecule has 0 fully saturated rings. The van der Waals surface area contributed by atoms with E-state index in [4.69, 9.17) is 4.52 Å². The molecule has 1 N–H and O–H groups in total. The second-order valence-corrected chi connectivity index (χ2v) is 6.55. The molecule has 2 aromatic heterocycles. The van der Waals surface area contributed by atoms with Crippen molar-refractivity contribution in [3.63, 3.8) is 0 Å². The molecular formula is C19H26ClN5O. The molecule has 3 aromatic rings. The fraction of sp³-hybridized carbons (Fsp3) is 0.368. The highest BCUT2D eigenvalue weighted by molar-refractivity contribution is 5.85. The Morgan fingerprint density at radius 3 is 2.46 bits per heavy atom. The van der Waals surface area contributed by atoms with E-state index < -0.39 is 0 Å². The number of anilines is 1. The van der Waals surface area contributed by atoms with Gasteiger partial charge in [-0.25, -0.2) is 0 Å². The third-order valence-corrected chi connectivity index (χ3v) is 4.24. The predicted octanol–water partition coefficient (Wildman–Crippen LogP) is 3.47. The van der Waals surface area contributed by atoms with Gasteiger partial charge in [-0.2, -0.15) is 5.10 Å². The summed E-state index contributed by atoms with van der Waals surface area (Å²) in [4.78, 5) is 2.08. The van der Waals surface area contributed by atoms with Gasteiger partial charge in [-0.1, -0.05) is 35.0 Å². The molecule has 1 aromatic carbocycles. The van der Waals surface area contributed by atoms with Gasteiger partial charge in [0.05, 0.1) is 12.2 Å². The number of hydrogen-bond acceptors (Lipinski definition) is 5. The molecule has 0 atom stereocenters. The molecule has 0 saturated heterocycles. The van der Waals surface area contributed by atoms with Crippen molar-refractivity contribution in [1.29, 1.82) is 0 Å². The summed E-state index contributed by atoms with van der Waals surface area (Å²) >= 11 is 0. The molecular weight excluding hydrogens is 350 g/mol. The standard InChI is InChI=1S/C19H25N5O.ClH/c1-13-6-8-15(9-7-13)18-10-16(25-22-18)11-20-12-17-14(2)21-24(5)19(17)23(3)4;/h6-10,20H,11-12H2,1-5H3;1H. The van der Waals surface area contributed by atoms with Gasteiger partial charge in [0.25, 0.3) is 0 Å². The van der Waals surface area contributed by atoms with Crippen molar-refractivity contribution in [2.75, 3.05) is 19.0 Å². The van der Waals surface area contributed by atoms with E-state index >= 15 is 0 Å². The number of rotatable bonds is 6. The highest BCUT2D eigenvalue weighted by Crippen LogP contribution is 2.22. The zero-order valence-corrected chi connectivity index (χ0v) is 16.7. The van der Waals surface area contributed by atoms with Crippen LogP contribution in [0.15, 0.2) is 34.9 Å². The van der Waals surface area contributed by atoms with E-state index in [1.165, 1.54) is 11.1 Å². The van der Waals surface area contributed by atoms with E-state index in [9.17, 15) is 0 Å². The molecule has 0 amide bonds. The first-order chi connectivity index (χ1) is 12.0. The van der Waals surface area contributed by atoms with Gasteiger partial charge >= 0.3 is 0 Å². The van der Waals surface area contributed by atoms with E-state index in [1.807, 2.05) is 38.8 Å². The molecule has 0 aliphatic carbocycles. The van der Waals surface area contributed by atoms with Crippen LogP contribution in [-0.2, 0) is 20.1 Å². The Bertz CT molecular complexity index is 851. The molecule has 0 saturated carbocycles. The quantitative estimate of drug-likeness (QED) is 0.714. The minimum absolute atomic E-state index is 0. The first-order valence-corrected chi connectivity index (χ1v) is 8.39. The number of aryl methyl sites for hydroxylation is 3. The summed E-state index contributed by atoms with van der Waals surface area (Å²) in [5, 5.41) is 12.1. The van der Waals surface area contributed by atoms with Crippen LogP contribution < -0.4 is 10.2 Å². The van der Waals surface area contributed by atoms with Crippen LogP contribution in [0.3, 0.4) is 0 Å². The van der Waals surface area contributed by atoms with Crippen molar-refractivity contribution < 1.29 is 4.52 Å². The Balaban J connectivity index is 0.00000243. The summed E-state index contributed by atoms with van der Waals surface area (Å²) in [7, 11) is 6.03. The van der Waals surface area contributed by atoms with E-state index in [0.717, 1.165) is 35.1 Å². The topological polar surface area (TPSA) is 59.1 Å². The molecule has 0 bridgehead atoms. The zero-order valence-electron chi connectivity index (χ0n) is 15.9. The lowest BCUT2D eigenvalue weighted by atomic mass is 10.1. The smallest absolute Gasteiger partial charge is 0.151 e. The van der Waals surface area contributed by atoms with E-state index in [-0.39, 0.29) is 12.4 Å². The van der Waals surface area contributed by atoms with Crippen molar-refractivity contribution in [2.24, 2.45) is 7.05 Å². The molecule has 0 unspecified atom stereocenters. The highest BCUT2D eigenvalue weighted by atomic mass is 35.5. The molecule has 0 radical (unpaired) electrons. The van der Waals surface area contributed by atoms with Gasteiger partial charge in [0.1, 0.15) is 11.5 Å². The number of nitrogens with zero attached hydrogens (tertiary/aromatic N) is 4. The second-order valence-electron chi connectivity index (χ2n) is 6.55. The van der Waals surface area contributed by atoms with Gasteiger partial charge < -0.3 is 14.7 Å². The molecule has 140 valence electrons. The maximum absolute atomic E-state index is 5.46. The maximum Gasteiger partial charge on any atom is 0.151 e. The normalized spacial score (nSPS) is 10.7. The van der Waals surface area contributed by atoms with Gasteiger partial charge in [0.15, 0.2) is 5.76 Å². The lowest BCUT2D eigenvalue weighted by Crippen LogP contribution is -2.18. The van der Waals surface area contributed by atoms with E-state index in [2.05, 4.69) is 51.7 Å². The number of halogens is 1. The summed E-state index contributed by atoms with van der Waals surface area (Å²) in [6, 6.07) is 10.3. The second kappa shape index (κ2) is 8.38. The fourth-order valence-electron chi connectivity index (χ4n) is 3.02. The summed E-state index contributed by atoms with van der Waals surface area (Å²) in [6.45, 7) is 5.46. The average Bonchev–Trinajstić information content (AvgIpc) is 3.13. The maximum atomic E-state index is 5.46. The van der Waals surface area contributed by atoms with Crippen molar-refractivity contribution in [2.45, 2.75) is 26.9 Å². The van der Waals surface area contributed by atoms with Crippen molar-refractivity contribution in [3.8, 4) is 11.3 Å². The van der Waals surface area contributed by atoms with Crippen molar-refractivity contribution in [3.05, 3.63) is 52.9 Å². The summed E-state index contributed by atoms with van der Waals surface area (Å²) in [5.41, 5.74) is 5.40. The van der Waals surface area contributed by atoms with Crippen molar-refractivity contribution in [1.82, 2.24) is 20.3 Å². The lowest BCUT2D eigenvalue weighted by molar-refractivity contribution is 0.374. The van der Waals surface area contributed by atoms with Crippen LogP contribution in [-0.4, -0.2) is 29.0 Å². The molecule has 0 spiro atoms. The minimum atomic E-state index is 0. The van der Waals surface area contributed by atoms with E-state index in [1.54, 1.807) is 0 Å². The summed E-state index contributed by atoms with van der Waals surface area (Å²) < 4.78 is 7.37. The van der Waals surface area contributed by atoms with Gasteiger partial charge in [-0.3, -0.25) is 4.68 Å². The molecule has 2 heterocycles. The van der Waals surface area contributed by atoms with Gasteiger partial charge in [-0.15, -0.1) is 12.4 Å². The molecule has 3 rings (SSSR count). The van der Waals surface area contributed by atoms with Gasteiger partial charge in [0, 0.05) is 44.9 Å². The van der Waals surface area contributed by atoms with Crippen LogP contribution in [0.1, 0.15) is 22.6 Å². The average molecular weight is 376 g/mol. The van der Waals surface area contributed by atoms with Gasteiger partial charge in [-0.05, 0) is 13.8 Å². The number of benzene rings is 1. The first-order valence-electron chi connectivity index (χ1n) is 8.39. The number of hydrogen-bond donors (Lipinski definition) is 1. The van der Waals surface area contributed by atoms with Crippen LogP contribution in [0, 0.1) is 13.8 Å². The Morgan fingerprint density at radius 1 is 1.12 bits per heavy atom. The highest BCUT2D eigenvalue weighted by Gasteiger charge is 2.15. The Labute approximate surface area is 160 Å². The van der Waals surface area contributed by atoms with Crippen LogP contribution in [0.5, 0.6) is 0 Å². The van der Waals surface area contributed by atoms with E-state index in [0.29, 0.717) is 6.54 Å². The predicted molar refractivity (Wildman–Crippen MR) is 107 cm³/mol. The minimum Gasteiger partial charge on any atom is -0.363 e. The van der Waals surface area contributed by atoms with Crippen LogP contribution in [0.4, 0.5) is 5.82 Å². The molecule has 0 aliphatic rings. The fourth-order valence-corrected chi connectivity index (χ4v) is 3.02. The molecule has 26 heavy (non-hydrogen) atoms. The molecule has 6 nitrogen and oxygen atoms in total. The summed E-state index contributed by atoms with van der Waals surface area (Å²) in [6.07, 6.45) is 0. The first kappa shape index (κ1) is 20.0. The number of nitrogens with one attached hydrogen (secondary N) is 1. The Hall–Kier alpha value is -2.31. The largest absolute Gasteiger partial charge is 0.363 e. The van der Waals surface area contributed by atoms with Crippen LogP contribution >= 0.6 is 12.4 Å². The van der Waals surface area contributed by atoms with Gasteiger partial charge in [0.2, 0.25) is 0 Å². The van der Waals surface area contributed by atoms with Crippen LogP contribution in [0.25, 0.3) is 11.3 Å². The van der Waals surface area contributed by atoms with Crippen molar-refractivity contribution >= 4 is 18.2 Å². The SMILES string of the molecule is Cc1ccc(-c2cc(CNCc3c(C)nn(C)c3N(C)C)on2)cc1.Cl. The third-order valence-electron chi connectivity index (χ3n) is 4.24. The Morgan fingerprint density at radius 2 is 1.81 bits per heavy atom. The molecule has 0 aliphatic heterocycles. The Kier molecular flexibility index (Phi) is 6.45.